The standard InChI is InChI=1S/C17H20N2O5/c20-15-4-2-9-18(15)12-5-7-13(8-6-12)24-11-16(21)19-10-1-3-14(19)17(22)23/h5-8,14H,1-4,9-11H2,(H,22,23)/t14-/m0/s1. The second-order valence-corrected chi connectivity index (χ2v) is 6.01. The van der Waals surface area contributed by atoms with Gasteiger partial charge >= 0.3 is 5.97 Å². The van der Waals surface area contributed by atoms with Crippen LogP contribution in [0, 0.1) is 0 Å². The molecule has 0 aliphatic carbocycles. The van der Waals surface area contributed by atoms with Crippen molar-refractivity contribution in [3.63, 3.8) is 0 Å². The third-order valence-electron chi connectivity index (χ3n) is 4.44. The van der Waals surface area contributed by atoms with Crippen LogP contribution in [0.1, 0.15) is 25.7 Å². The summed E-state index contributed by atoms with van der Waals surface area (Å²) in [5, 5.41) is 9.11. The fourth-order valence-corrected chi connectivity index (χ4v) is 3.19. The maximum Gasteiger partial charge on any atom is 0.326 e. The summed E-state index contributed by atoms with van der Waals surface area (Å²) in [5.74, 6) is -0.656. The number of aliphatic carboxylic acids is 1. The molecule has 2 saturated heterocycles. The lowest BCUT2D eigenvalue weighted by atomic mass is 10.2. The number of amides is 2. The molecule has 1 aromatic carbocycles. The zero-order chi connectivity index (χ0) is 17.1. The molecule has 7 nitrogen and oxygen atoms in total. The van der Waals surface area contributed by atoms with Crippen LogP contribution in [0.3, 0.4) is 0 Å². The number of carbonyl (C=O) groups is 3. The lowest BCUT2D eigenvalue weighted by Crippen LogP contribution is -2.42. The highest BCUT2D eigenvalue weighted by Crippen LogP contribution is 2.24. The maximum absolute atomic E-state index is 12.1. The Morgan fingerprint density at radius 2 is 1.92 bits per heavy atom. The van der Waals surface area contributed by atoms with Crippen LogP contribution in [-0.2, 0) is 14.4 Å². The molecule has 3 rings (SSSR count). The van der Waals surface area contributed by atoms with E-state index in [1.807, 2.05) is 0 Å². The van der Waals surface area contributed by atoms with Crippen molar-refractivity contribution < 1.29 is 24.2 Å². The van der Waals surface area contributed by atoms with E-state index in [1.165, 1.54) is 4.90 Å². The Hall–Kier alpha value is -2.57. The van der Waals surface area contributed by atoms with Gasteiger partial charge in [0.25, 0.3) is 5.91 Å². The van der Waals surface area contributed by atoms with Crippen LogP contribution in [0.15, 0.2) is 24.3 Å². The Bertz CT molecular complexity index is 643. The Morgan fingerprint density at radius 1 is 1.17 bits per heavy atom. The molecule has 1 N–H and O–H groups in total. The molecule has 1 atom stereocenters. The highest BCUT2D eigenvalue weighted by atomic mass is 16.5. The van der Waals surface area contributed by atoms with Crippen molar-refractivity contribution in [2.45, 2.75) is 31.7 Å². The second kappa shape index (κ2) is 6.90. The highest BCUT2D eigenvalue weighted by Gasteiger charge is 2.33. The summed E-state index contributed by atoms with van der Waals surface area (Å²) in [6.07, 6.45) is 2.63. The molecule has 7 heteroatoms. The van der Waals surface area contributed by atoms with Gasteiger partial charge in [0.2, 0.25) is 5.91 Å². The first-order valence-electron chi connectivity index (χ1n) is 8.12. The topological polar surface area (TPSA) is 87.2 Å². The quantitative estimate of drug-likeness (QED) is 0.877. The van der Waals surface area contributed by atoms with E-state index in [2.05, 4.69) is 0 Å². The van der Waals surface area contributed by atoms with E-state index in [0.29, 0.717) is 31.6 Å². The number of benzene rings is 1. The van der Waals surface area contributed by atoms with Gasteiger partial charge in [-0.25, -0.2) is 4.79 Å². The number of nitrogens with zero attached hydrogens (tertiary/aromatic N) is 2. The Morgan fingerprint density at radius 3 is 2.54 bits per heavy atom. The van der Waals surface area contributed by atoms with Crippen LogP contribution in [0.5, 0.6) is 5.75 Å². The summed E-state index contributed by atoms with van der Waals surface area (Å²) in [4.78, 5) is 38.0. The summed E-state index contributed by atoms with van der Waals surface area (Å²) in [7, 11) is 0. The third kappa shape index (κ3) is 3.34. The van der Waals surface area contributed by atoms with E-state index in [4.69, 9.17) is 9.84 Å². The number of hydrogen-bond acceptors (Lipinski definition) is 4. The molecule has 0 radical (unpaired) electrons. The van der Waals surface area contributed by atoms with Crippen LogP contribution in [0.4, 0.5) is 5.69 Å². The molecule has 2 aliphatic heterocycles. The smallest absolute Gasteiger partial charge is 0.326 e. The van der Waals surface area contributed by atoms with Gasteiger partial charge < -0.3 is 19.6 Å². The summed E-state index contributed by atoms with van der Waals surface area (Å²) in [6.45, 7) is 0.990. The van der Waals surface area contributed by atoms with Crippen LogP contribution in [0.25, 0.3) is 0 Å². The summed E-state index contributed by atoms with van der Waals surface area (Å²) >= 11 is 0. The fraction of sp³-hybridized carbons (Fsp3) is 0.471. The average Bonchev–Trinajstić information content (AvgIpc) is 3.22. The summed E-state index contributed by atoms with van der Waals surface area (Å²) < 4.78 is 5.47. The lowest BCUT2D eigenvalue weighted by Gasteiger charge is -2.21. The molecule has 2 amide bonds. The molecule has 0 unspecified atom stereocenters. The van der Waals surface area contributed by atoms with Gasteiger partial charge in [0.05, 0.1) is 0 Å². The van der Waals surface area contributed by atoms with Gasteiger partial charge in [-0.1, -0.05) is 0 Å². The van der Waals surface area contributed by atoms with E-state index < -0.39 is 12.0 Å². The molecular formula is C17H20N2O5. The van der Waals surface area contributed by atoms with Gasteiger partial charge in [0, 0.05) is 25.2 Å². The van der Waals surface area contributed by atoms with Crippen molar-refractivity contribution in [3.05, 3.63) is 24.3 Å². The molecule has 2 aliphatic rings. The minimum absolute atomic E-state index is 0.118. The van der Waals surface area contributed by atoms with Gasteiger partial charge in [-0.2, -0.15) is 0 Å². The van der Waals surface area contributed by atoms with Crippen LogP contribution in [0.2, 0.25) is 0 Å². The predicted octanol–water partition coefficient (Wildman–Crippen LogP) is 1.27. The molecule has 2 fully saturated rings. The molecule has 24 heavy (non-hydrogen) atoms. The van der Waals surface area contributed by atoms with E-state index >= 15 is 0 Å². The first kappa shape index (κ1) is 16.3. The van der Waals surface area contributed by atoms with Crippen molar-refractivity contribution in [2.75, 3.05) is 24.6 Å². The van der Waals surface area contributed by atoms with Crippen molar-refractivity contribution in [1.29, 1.82) is 0 Å². The van der Waals surface area contributed by atoms with E-state index in [1.54, 1.807) is 29.2 Å². The zero-order valence-electron chi connectivity index (χ0n) is 13.3. The highest BCUT2D eigenvalue weighted by molar-refractivity contribution is 5.95. The minimum Gasteiger partial charge on any atom is -0.484 e. The van der Waals surface area contributed by atoms with Crippen molar-refractivity contribution in [3.8, 4) is 5.75 Å². The van der Waals surface area contributed by atoms with Crippen LogP contribution >= 0.6 is 0 Å². The molecular weight excluding hydrogens is 312 g/mol. The number of ether oxygens (including phenoxy) is 1. The van der Waals surface area contributed by atoms with Gasteiger partial charge in [-0.15, -0.1) is 0 Å². The monoisotopic (exact) mass is 332 g/mol. The van der Waals surface area contributed by atoms with Gasteiger partial charge in [-0.05, 0) is 43.5 Å². The molecule has 0 aromatic heterocycles. The SMILES string of the molecule is O=C(O)[C@@H]1CCCN1C(=O)COc1ccc(N2CCCC2=O)cc1. The van der Waals surface area contributed by atoms with E-state index in [0.717, 1.165) is 18.7 Å². The van der Waals surface area contributed by atoms with Gasteiger partial charge in [0.15, 0.2) is 6.61 Å². The second-order valence-electron chi connectivity index (χ2n) is 6.01. The van der Waals surface area contributed by atoms with Gasteiger partial charge in [0.1, 0.15) is 11.8 Å². The molecule has 0 bridgehead atoms. The number of likely N-dealkylation sites (tertiary alicyclic amines) is 1. The Kier molecular flexibility index (Phi) is 4.69. The maximum atomic E-state index is 12.1. The largest absolute Gasteiger partial charge is 0.484 e. The van der Waals surface area contributed by atoms with Crippen molar-refractivity contribution in [2.24, 2.45) is 0 Å². The van der Waals surface area contributed by atoms with Crippen molar-refractivity contribution >= 4 is 23.5 Å². The summed E-state index contributed by atoms with van der Waals surface area (Å²) in [6, 6.07) is 6.27. The lowest BCUT2D eigenvalue weighted by molar-refractivity contribution is -0.148. The zero-order valence-corrected chi connectivity index (χ0v) is 13.3. The average molecular weight is 332 g/mol. The number of carboxylic acid groups (broad SMARTS) is 1. The third-order valence-corrected chi connectivity index (χ3v) is 4.44. The number of carbonyl (C=O) groups excluding carboxylic acids is 2. The van der Waals surface area contributed by atoms with Crippen LogP contribution < -0.4 is 9.64 Å². The number of hydrogen-bond donors (Lipinski definition) is 1. The molecule has 0 spiro atoms. The number of carboxylic acids is 1. The Labute approximate surface area is 139 Å². The number of rotatable bonds is 5. The number of anilines is 1. The van der Waals surface area contributed by atoms with Gasteiger partial charge in [-0.3, -0.25) is 9.59 Å². The summed E-state index contributed by atoms with van der Waals surface area (Å²) in [5.41, 5.74) is 0.821. The first-order valence-corrected chi connectivity index (χ1v) is 8.12. The molecule has 128 valence electrons. The Balaban J connectivity index is 1.56. The molecule has 1 aromatic rings. The van der Waals surface area contributed by atoms with Crippen LogP contribution in [-0.4, -0.2) is 53.5 Å². The predicted molar refractivity (Wildman–Crippen MR) is 85.9 cm³/mol. The molecule has 0 saturated carbocycles. The first-order chi connectivity index (χ1) is 11.6. The molecule has 2 heterocycles. The van der Waals surface area contributed by atoms with Crippen molar-refractivity contribution in [1.82, 2.24) is 4.90 Å². The minimum atomic E-state index is -0.972. The normalized spacial score (nSPS) is 20.5. The fourth-order valence-electron chi connectivity index (χ4n) is 3.19. The van der Waals surface area contributed by atoms with E-state index in [9.17, 15) is 14.4 Å². The van der Waals surface area contributed by atoms with E-state index in [-0.39, 0.29) is 18.4 Å².